The van der Waals surface area contributed by atoms with Crippen molar-refractivity contribution in [3.05, 3.63) is 52.0 Å². The Balaban J connectivity index is 1.58. The summed E-state index contributed by atoms with van der Waals surface area (Å²) in [4.78, 5) is 26.6. The predicted molar refractivity (Wildman–Crippen MR) is 101 cm³/mol. The molecule has 0 spiro atoms. The van der Waals surface area contributed by atoms with Crippen LogP contribution in [0.3, 0.4) is 0 Å². The first kappa shape index (κ1) is 18.5. The maximum Gasteiger partial charge on any atom is 0.313 e. The molecule has 26 heavy (non-hydrogen) atoms. The highest BCUT2D eigenvalue weighted by Crippen LogP contribution is 2.26. The number of rotatable bonds is 5. The molecule has 1 aliphatic rings. The molecule has 3 rings (SSSR count). The number of benzene rings is 1. The van der Waals surface area contributed by atoms with Gasteiger partial charge in [-0.2, -0.15) is 11.3 Å². The third kappa shape index (κ3) is 4.47. The highest BCUT2D eigenvalue weighted by Gasteiger charge is 2.25. The number of aryl methyl sites for hydroxylation is 1. The van der Waals surface area contributed by atoms with E-state index in [2.05, 4.69) is 27.0 Å². The van der Waals surface area contributed by atoms with Gasteiger partial charge in [0, 0.05) is 12.2 Å². The van der Waals surface area contributed by atoms with Gasteiger partial charge in [-0.3, -0.25) is 14.5 Å². The Kier molecular flexibility index (Phi) is 6.00. The third-order valence-corrected chi connectivity index (χ3v) is 5.30. The van der Waals surface area contributed by atoms with Crippen LogP contribution < -0.4 is 10.6 Å². The molecule has 5 nitrogen and oxygen atoms in total. The van der Waals surface area contributed by atoms with Gasteiger partial charge in [-0.05, 0) is 72.9 Å². The van der Waals surface area contributed by atoms with Crippen molar-refractivity contribution < 1.29 is 14.0 Å². The number of nitrogens with one attached hydrogen (secondary N) is 2. The quantitative estimate of drug-likeness (QED) is 0.790. The summed E-state index contributed by atoms with van der Waals surface area (Å²) in [5, 5.41) is 9.23. The van der Waals surface area contributed by atoms with Crippen molar-refractivity contribution in [2.24, 2.45) is 0 Å². The molecular weight excluding hydrogens is 353 g/mol. The minimum atomic E-state index is -0.793. The summed E-state index contributed by atoms with van der Waals surface area (Å²) in [7, 11) is 0. The van der Waals surface area contributed by atoms with E-state index < -0.39 is 17.6 Å². The van der Waals surface area contributed by atoms with Crippen molar-refractivity contribution in [1.29, 1.82) is 0 Å². The van der Waals surface area contributed by atoms with E-state index in [9.17, 15) is 14.0 Å². The van der Waals surface area contributed by atoms with Crippen LogP contribution in [0.25, 0.3) is 0 Å². The summed E-state index contributed by atoms with van der Waals surface area (Å²) in [6, 6.07) is 6.45. The Morgan fingerprint density at radius 3 is 2.65 bits per heavy atom. The number of likely N-dealkylation sites (tertiary alicyclic amines) is 1. The van der Waals surface area contributed by atoms with Crippen molar-refractivity contribution in [3.8, 4) is 0 Å². The van der Waals surface area contributed by atoms with Gasteiger partial charge in [-0.1, -0.05) is 6.07 Å². The Morgan fingerprint density at radius 1 is 1.23 bits per heavy atom. The highest BCUT2D eigenvalue weighted by atomic mass is 32.1. The average Bonchev–Trinajstić information content (AvgIpc) is 3.32. The zero-order chi connectivity index (χ0) is 18.5. The summed E-state index contributed by atoms with van der Waals surface area (Å²) < 4.78 is 13.6. The lowest BCUT2D eigenvalue weighted by atomic mass is 10.1. The lowest BCUT2D eigenvalue weighted by Crippen LogP contribution is -2.41. The Labute approximate surface area is 156 Å². The fraction of sp³-hybridized carbons (Fsp3) is 0.368. The first-order valence-electron chi connectivity index (χ1n) is 8.66. The van der Waals surface area contributed by atoms with Crippen LogP contribution in [0.4, 0.5) is 10.1 Å². The fourth-order valence-electron chi connectivity index (χ4n) is 3.10. The molecule has 2 aromatic rings. The number of carbonyl (C=O) groups is 2. The van der Waals surface area contributed by atoms with Crippen LogP contribution >= 0.6 is 11.3 Å². The molecule has 0 unspecified atom stereocenters. The van der Waals surface area contributed by atoms with E-state index in [1.165, 1.54) is 6.07 Å². The second kappa shape index (κ2) is 8.42. The molecule has 7 heteroatoms. The molecule has 1 saturated heterocycles. The fourth-order valence-corrected chi connectivity index (χ4v) is 3.81. The molecule has 138 valence electrons. The van der Waals surface area contributed by atoms with Gasteiger partial charge >= 0.3 is 11.8 Å². The number of hydrogen-bond donors (Lipinski definition) is 2. The molecule has 1 atom stereocenters. The zero-order valence-corrected chi connectivity index (χ0v) is 15.4. The van der Waals surface area contributed by atoms with Gasteiger partial charge in [0.2, 0.25) is 0 Å². The molecule has 1 fully saturated rings. The molecule has 1 aromatic carbocycles. The van der Waals surface area contributed by atoms with E-state index in [-0.39, 0.29) is 11.7 Å². The summed E-state index contributed by atoms with van der Waals surface area (Å²) in [5.74, 6) is -1.93. The summed E-state index contributed by atoms with van der Waals surface area (Å²) >= 11 is 1.62. The van der Waals surface area contributed by atoms with Gasteiger partial charge in [0.25, 0.3) is 0 Å². The number of halogens is 1. The van der Waals surface area contributed by atoms with Crippen LogP contribution in [0.1, 0.15) is 30.0 Å². The van der Waals surface area contributed by atoms with E-state index in [4.69, 9.17) is 0 Å². The topological polar surface area (TPSA) is 61.4 Å². The predicted octanol–water partition coefficient (Wildman–Crippen LogP) is 3.09. The number of anilines is 1. The number of carbonyl (C=O) groups excluding carboxylic acids is 2. The molecule has 1 aromatic heterocycles. The SMILES string of the molecule is Cc1ccc(NC(=O)C(=O)NC[C@H](c2ccsc2)N2CCCC2)cc1F. The van der Waals surface area contributed by atoms with Crippen LogP contribution in [0.15, 0.2) is 35.0 Å². The monoisotopic (exact) mass is 375 g/mol. The van der Waals surface area contributed by atoms with Gasteiger partial charge in [0.05, 0.1) is 6.04 Å². The molecular formula is C19H22FN3O2S. The van der Waals surface area contributed by atoms with Crippen LogP contribution in [0.5, 0.6) is 0 Å². The lowest BCUT2D eigenvalue weighted by Gasteiger charge is -2.27. The van der Waals surface area contributed by atoms with Crippen LogP contribution in [0.2, 0.25) is 0 Å². The van der Waals surface area contributed by atoms with Crippen LogP contribution in [-0.2, 0) is 9.59 Å². The Morgan fingerprint density at radius 2 is 2.00 bits per heavy atom. The van der Waals surface area contributed by atoms with Crippen LogP contribution in [-0.4, -0.2) is 36.3 Å². The Hall–Kier alpha value is -2.25. The van der Waals surface area contributed by atoms with Gasteiger partial charge in [0.1, 0.15) is 5.82 Å². The second-order valence-electron chi connectivity index (χ2n) is 6.44. The molecule has 0 radical (unpaired) electrons. The molecule has 0 saturated carbocycles. The maximum absolute atomic E-state index is 13.6. The van der Waals surface area contributed by atoms with E-state index in [0.29, 0.717) is 12.1 Å². The van der Waals surface area contributed by atoms with Crippen molar-refractivity contribution in [2.45, 2.75) is 25.8 Å². The largest absolute Gasteiger partial charge is 0.346 e. The van der Waals surface area contributed by atoms with Crippen molar-refractivity contribution >= 4 is 28.8 Å². The van der Waals surface area contributed by atoms with Crippen molar-refractivity contribution in [3.63, 3.8) is 0 Å². The second-order valence-corrected chi connectivity index (χ2v) is 7.22. The number of nitrogens with zero attached hydrogens (tertiary/aromatic N) is 1. The van der Waals surface area contributed by atoms with Crippen molar-refractivity contribution in [1.82, 2.24) is 10.2 Å². The normalized spacial score (nSPS) is 15.6. The average molecular weight is 375 g/mol. The first-order valence-corrected chi connectivity index (χ1v) is 9.60. The van der Waals surface area contributed by atoms with Gasteiger partial charge in [-0.15, -0.1) is 0 Å². The standard InChI is InChI=1S/C19H22FN3O2S/c1-13-4-5-15(10-16(13)20)22-19(25)18(24)21-11-17(14-6-9-26-12-14)23-7-2-3-8-23/h4-6,9-10,12,17H,2-3,7-8,11H2,1H3,(H,21,24)(H,22,25)/t17-/m1/s1. The molecule has 2 heterocycles. The molecule has 2 N–H and O–H groups in total. The summed E-state index contributed by atoms with van der Waals surface area (Å²) in [6.45, 7) is 3.98. The van der Waals surface area contributed by atoms with Gasteiger partial charge in [0.15, 0.2) is 0 Å². The van der Waals surface area contributed by atoms with Gasteiger partial charge < -0.3 is 10.6 Å². The zero-order valence-electron chi connectivity index (χ0n) is 14.6. The highest BCUT2D eigenvalue weighted by molar-refractivity contribution is 7.08. The smallest absolute Gasteiger partial charge is 0.313 e. The third-order valence-electron chi connectivity index (χ3n) is 4.60. The van der Waals surface area contributed by atoms with E-state index in [0.717, 1.165) is 31.5 Å². The molecule has 1 aliphatic heterocycles. The van der Waals surface area contributed by atoms with Gasteiger partial charge in [-0.25, -0.2) is 4.39 Å². The minimum absolute atomic E-state index is 0.0670. The van der Waals surface area contributed by atoms with E-state index >= 15 is 0 Å². The minimum Gasteiger partial charge on any atom is -0.346 e. The van der Waals surface area contributed by atoms with E-state index in [1.54, 1.807) is 30.4 Å². The molecule has 0 bridgehead atoms. The number of hydrogen-bond acceptors (Lipinski definition) is 4. The maximum atomic E-state index is 13.6. The molecule has 0 aliphatic carbocycles. The Bertz CT molecular complexity index is 773. The number of thiophene rings is 1. The number of amides is 2. The van der Waals surface area contributed by atoms with Crippen LogP contribution in [0, 0.1) is 12.7 Å². The van der Waals surface area contributed by atoms with Crippen molar-refractivity contribution in [2.75, 3.05) is 25.0 Å². The summed E-state index contributed by atoms with van der Waals surface area (Å²) in [6.07, 6.45) is 2.29. The molecule has 2 amide bonds. The first-order chi connectivity index (χ1) is 12.5. The lowest BCUT2D eigenvalue weighted by molar-refractivity contribution is -0.136. The van der Waals surface area contributed by atoms with E-state index in [1.807, 2.05) is 5.38 Å². The summed E-state index contributed by atoms with van der Waals surface area (Å²) in [5.41, 5.74) is 1.90.